The predicted octanol–water partition coefficient (Wildman–Crippen LogP) is 6.23. The van der Waals surface area contributed by atoms with Crippen LogP contribution in [-0.4, -0.2) is 23.6 Å². The van der Waals surface area contributed by atoms with E-state index in [0.29, 0.717) is 6.42 Å². The quantitative estimate of drug-likeness (QED) is 0.571. The van der Waals surface area contributed by atoms with Gasteiger partial charge in [-0.2, -0.15) is 0 Å². The summed E-state index contributed by atoms with van der Waals surface area (Å²) in [7, 11) is -2.87. The zero-order valence-corrected chi connectivity index (χ0v) is 14.7. The van der Waals surface area contributed by atoms with E-state index in [9.17, 15) is 8.96 Å². The molecule has 0 saturated heterocycles. The first kappa shape index (κ1) is 17.0. The van der Waals surface area contributed by atoms with Gasteiger partial charge < -0.3 is 4.52 Å². The third-order valence-corrected chi connectivity index (χ3v) is 9.73. The van der Waals surface area contributed by atoms with Crippen molar-refractivity contribution in [3.05, 3.63) is 0 Å². The van der Waals surface area contributed by atoms with Crippen molar-refractivity contribution in [3.8, 4) is 0 Å². The molecular weight excluding hydrogens is 298 g/mol. The van der Waals surface area contributed by atoms with Gasteiger partial charge in [-0.1, -0.05) is 51.4 Å². The Morgan fingerprint density at radius 3 is 1.91 bits per heavy atom. The summed E-state index contributed by atoms with van der Waals surface area (Å²) in [5.41, 5.74) is -0.157. The monoisotopic (exact) mass is 330 g/mol. The average molecular weight is 330 g/mol. The summed E-state index contributed by atoms with van der Waals surface area (Å²) in [4.78, 5) is 0. The Morgan fingerprint density at radius 2 is 1.27 bits per heavy atom. The number of alkyl halides is 1. The Morgan fingerprint density at radius 1 is 0.727 bits per heavy atom. The normalized spacial score (nSPS) is 35.1. The molecule has 3 saturated carbocycles. The minimum absolute atomic E-state index is 0.135. The van der Waals surface area contributed by atoms with E-state index in [-0.39, 0.29) is 17.4 Å². The van der Waals surface area contributed by atoms with Crippen molar-refractivity contribution in [3.63, 3.8) is 0 Å². The van der Waals surface area contributed by atoms with Crippen molar-refractivity contribution in [1.82, 2.24) is 0 Å². The van der Waals surface area contributed by atoms with Crippen molar-refractivity contribution in [2.75, 3.05) is 0 Å². The van der Waals surface area contributed by atoms with E-state index < -0.39 is 13.5 Å². The molecule has 4 heteroatoms. The Kier molecular flexibility index (Phi) is 6.01. The smallest absolute Gasteiger partial charge is 0.212 e. The number of hydrogen-bond acceptors (Lipinski definition) is 2. The molecule has 0 radical (unpaired) electrons. The molecule has 128 valence electrons. The molecule has 3 rings (SSSR count). The summed E-state index contributed by atoms with van der Waals surface area (Å²) in [6.07, 6.45) is 13.8. The molecule has 0 aromatic carbocycles. The zero-order chi connectivity index (χ0) is 15.4. The van der Waals surface area contributed by atoms with Crippen molar-refractivity contribution >= 4 is 7.37 Å². The lowest BCUT2D eigenvalue weighted by Crippen LogP contribution is -2.34. The molecule has 22 heavy (non-hydrogen) atoms. The highest BCUT2D eigenvalue weighted by Crippen LogP contribution is 2.65. The molecule has 0 amide bonds. The minimum atomic E-state index is -2.87. The lowest BCUT2D eigenvalue weighted by molar-refractivity contribution is 0.139. The van der Waals surface area contributed by atoms with Gasteiger partial charge >= 0.3 is 0 Å². The Balaban J connectivity index is 1.78. The average Bonchev–Trinajstić information content (AvgIpc) is 2.57. The third kappa shape index (κ3) is 3.78. The van der Waals surface area contributed by atoms with E-state index in [2.05, 4.69) is 0 Å². The second-order valence-corrected chi connectivity index (χ2v) is 10.6. The van der Waals surface area contributed by atoms with Crippen molar-refractivity contribution < 1.29 is 13.5 Å². The summed E-state index contributed by atoms with van der Waals surface area (Å²) >= 11 is 0. The van der Waals surface area contributed by atoms with Gasteiger partial charge in [-0.25, -0.2) is 4.39 Å². The van der Waals surface area contributed by atoms with Crippen LogP contribution in [0.3, 0.4) is 0 Å². The Bertz CT molecular complexity index is 389. The van der Waals surface area contributed by atoms with Gasteiger partial charge in [0.1, 0.15) is 6.17 Å². The van der Waals surface area contributed by atoms with E-state index in [4.69, 9.17) is 4.52 Å². The van der Waals surface area contributed by atoms with E-state index in [1.807, 2.05) is 0 Å². The van der Waals surface area contributed by atoms with Gasteiger partial charge in [-0.15, -0.1) is 0 Å². The summed E-state index contributed by atoms with van der Waals surface area (Å²) in [5, 5.41) is 0. The molecule has 3 aliphatic carbocycles. The maximum Gasteiger partial charge on any atom is 0.212 e. The maximum atomic E-state index is 14.6. The van der Waals surface area contributed by atoms with Crippen molar-refractivity contribution in [2.24, 2.45) is 0 Å². The number of hydrogen-bond donors (Lipinski definition) is 0. The Labute approximate surface area is 135 Å². The van der Waals surface area contributed by atoms with Crippen molar-refractivity contribution in [1.29, 1.82) is 0 Å². The van der Waals surface area contributed by atoms with Crippen LogP contribution in [0.1, 0.15) is 89.9 Å². The fourth-order valence-corrected chi connectivity index (χ4v) is 8.53. The zero-order valence-electron chi connectivity index (χ0n) is 13.9. The van der Waals surface area contributed by atoms with Crippen LogP contribution in [0, 0.1) is 0 Å². The topological polar surface area (TPSA) is 26.3 Å². The lowest BCUT2D eigenvalue weighted by atomic mass is 9.98. The molecule has 0 aliphatic heterocycles. The van der Waals surface area contributed by atoms with Gasteiger partial charge in [-0.05, 0) is 38.5 Å². The predicted molar refractivity (Wildman–Crippen MR) is 89.6 cm³/mol. The highest BCUT2D eigenvalue weighted by molar-refractivity contribution is 7.60. The van der Waals surface area contributed by atoms with E-state index in [1.165, 1.54) is 25.7 Å². The van der Waals surface area contributed by atoms with E-state index in [0.717, 1.165) is 57.8 Å². The van der Waals surface area contributed by atoms with Crippen LogP contribution in [0.4, 0.5) is 4.39 Å². The molecule has 3 aliphatic rings. The standard InChI is InChI=1S/C18H32FO2P/c19-17-13-7-8-14-18(17)22(20,16-11-5-2-6-12-16)21-15-9-3-1-4-10-15/h15-18H,1-14H2. The second-order valence-electron chi connectivity index (χ2n) is 7.67. The third-order valence-electron chi connectivity index (χ3n) is 6.06. The van der Waals surface area contributed by atoms with Crippen molar-refractivity contribution in [2.45, 2.75) is 113 Å². The second kappa shape index (κ2) is 7.79. The van der Waals surface area contributed by atoms with Gasteiger partial charge in [0.25, 0.3) is 0 Å². The summed E-state index contributed by atoms with van der Waals surface area (Å²) in [6, 6.07) is 0. The number of halogens is 1. The molecule has 3 unspecified atom stereocenters. The molecule has 0 spiro atoms. The lowest BCUT2D eigenvalue weighted by Gasteiger charge is -2.41. The van der Waals surface area contributed by atoms with Crippen LogP contribution in [0.25, 0.3) is 0 Å². The molecule has 0 N–H and O–H groups in total. The first-order chi connectivity index (χ1) is 10.7. The summed E-state index contributed by atoms with van der Waals surface area (Å²) in [5.74, 6) is 0. The van der Waals surface area contributed by atoms with Crippen LogP contribution in [0.15, 0.2) is 0 Å². The molecule has 2 nitrogen and oxygen atoms in total. The molecule has 3 atom stereocenters. The molecule has 0 heterocycles. The van der Waals surface area contributed by atoms with Crippen LogP contribution < -0.4 is 0 Å². The Hall–Kier alpha value is 0.120. The van der Waals surface area contributed by atoms with Crippen LogP contribution >= 0.6 is 7.37 Å². The molecule has 0 aromatic heterocycles. The van der Waals surface area contributed by atoms with Gasteiger partial charge in [0.15, 0.2) is 0 Å². The van der Waals surface area contributed by atoms with Gasteiger partial charge in [0, 0.05) is 5.66 Å². The highest BCUT2D eigenvalue weighted by atomic mass is 31.2. The summed E-state index contributed by atoms with van der Waals surface area (Å²) in [6.45, 7) is 0. The molecular formula is C18H32FO2P. The SMILES string of the molecule is O=P(OC1CCCCC1)(C1CCCCC1)C1CCCCC1F. The van der Waals surface area contributed by atoms with Gasteiger partial charge in [0.05, 0.1) is 11.8 Å². The molecule has 0 aromatic rings. The van der Waals surface area contributed by atoms with Gasteiger partial charge in [-0.3, -0.25) is 4.57 Å². The van der Waals surface area contributed by atoms with Crippen LogP contribution in [-0.2, 0) is 9.09 Å². The van der Waals surface area contributed by atoms with Crippen LogP contribution in [0.2, 0.25) is 0 Å². The van der Waals surface area contributed by atoms with Gasteiger partial charge in [0.2, 0.25) is 7.37 Å². The molecule has 3 fully saturated rings. The first-order valence-electron chi connectivity index (χ1n) is 9.62. The van der Waals surface area contributed by atoms with Crippen LogP contribution in [0.5, 0.6) is 0 Å². The minimum Gasteiger partial charge on any atom is -0.325 e. The first-order valence-corrected chi connectivity index (χ1v) is 11.4. The maximum absolute atomic E-state index is 14.6. The number of rotatable bonds is 4. The fourth-order valence-electron chi connectivity index (χ4n) is 4.75. The molecule has 0 bridgehead atoms. The highest BCUT2D eigenvalue weighted by Gasteiger charge is 2.48. The fraction of sp³-hybridized carbons (Fsp3) is 1.00. The largest absolute Gasteiger partial charge is 0.325 e. The van der Waals surface area contributed by atoms with E-state index in [1.54, 1.807) is 0 Å². The summed E-state index contributed by atoms with van der Waals surface area (Å²) < 4.78 is 34.9. The van der Waals surface area contributed by atoms with E-state index >= 15 is 0 Å².